The molecule has 0 aliphatic carbocycles. The summed E-state index contributed by atoms with van der Waals surface area (Å²) in [6.45, 7) is 0. The van der Waals surface area contributed by atoms with Crippen LogP contribution in [0.4, 0.5) is 68.2 Å². The fraction of sp³-hybridized carbons (Fsp3) is 0. The van der Waals surface area contributed by atoms with E-state index in [2.05, 4.69) is 256 Å². The van der Waals surface area contributed by atoms with Crippen molar-refractivity contribution >= 4 is 68.2 Å². The molecule has 4 nitrogen and oxygen atoms in total. The van der Waals surface area contributed by atoms with Gasteiger partial charge in [-0.25, -0.2) is 0 Å². The van der Waals surface area contributed by atoms with Gasteiger partial charge < -0.3 is 19.6 Å². The molecule has 4 heteroatoms. The molecular weight excluding hydrogens is 921 g/mol. The minimum Gasteiger partial charge on any atom is -0.311 e. The van der Waals surface area contributed by atoms with E-state index in [-0.39, 0.29) is 0 Å². The minimum atomic E-state index is 0.434. The van der Waals surface area contributed by atoms with Gasteiger partial charge in [0, 0.05) is 68.2 Å². The average molecular weight is 981 g/mol. The van der Waals surface area contributed by atoms with Gasteiger partial charge in [-0.3, -0.25) is 0 Å². The first-order valence-electron chi connectivity index (χ1n) is 27.1. The Morgan fingerprint density at radius 3 is 0.500 bits per heavy atom. The van der Waals surface area contributed by atoms with E-state index >= 15 is 0 Å². The maximum atomic E-state index is 8.60. The van der Waals surface area contributed by atoms with Gasteiger partial charge >= 0.3 is 0 Å². The number of anilines is 12. The Bertz CT molecular complexity index is 3540. The summed E-state index contributed by atoms with van der Waals surface area (Å²) in [5.41, 5.74) is 18.1. The van der Waals surface area contributed by atoms with Gasteiger partial charge in [-0.05, 0) is 179 Å². The van der Waals surface area contributed by atoms with Crippen LogP contribution >= 0.6 is 0 Å². The summed E-state index contributed by atoms with van der Waals surface area (Å²) < 4.78 is 25.8. The van der Waals surface area contributed by atoms with E-state index in [1.165, 1.54) is 0 Å². The molecule has 0 amide bonds. The van der Waals surface area contributed by atoms with Crippen LogP contribution in [0.3, 0.4) is 0 Å². The quantitative estimate of drug-likeness (QED) is 0.101. The van der Waals surface area contributed by atoms with E-state index in [1.54, 1.807) is 18.2 Å². The molecule has 12 rings (SSSR count). The van der Waals surface area contributed by atoms with E-state index in [0.717, 1.165) is 102 Å². The Morgan fingerprint density at radius 2 is 0.303 bits per heavy atom. The zero-order valence-electron chi connectivity index (χ0n) is 44.7. The van der Waals surface area contributed by atoms with Crippen LogP contribution in [-0.4, -0.2) is 0 Å². The molecule has 0 saturated carbocycles. The molecule has 76 heavy (non-hydrogen) atoms. The van der Waals surface area contributed by atoms with Gasteiger partial charge in [-0.15, -0.1) is 0 Å². The summed E-state index contributed by atoms with van der Waals surface area (Å²) >= 11 is 0. The first kappa shape index (κ1) is 43.4. The molecule has 0 fully saturated rings. The highest BCUT2D eigenvalue weighted by atomic mass is 15.2. The lowest BCUT2D eigenvalue weighted by atomic mass is 10.0. The Morgan fingerprint density at radius 1 is 0.145 bits per heavy atom. The highest BCUT2D eigenvalue weighted by Crippen LogP contribution is 2.44. The number of hydrogen-bond acceptors (Lipinski definition) is 4. The molecule has 0 saturated heterocycles. The van der Waals surface area contributed by atoms with E-state index in [1.807, 2.05) is 54.6 Å². The maximum Gasteiger partial charge on any atom is 0.0623 e. The van der Waals surface area contributed by atoms with Gasteiger partial charge in [0.1, 0.15) is 0 Å². The van der Waals surface area contributed by atoms with Gasteiger partial charge in [0.05, 0.1) is 4.11 Å². The van der Waals surface area contributed by atoms with Gasteiger partial charge in [-0.1, -0.05) is 182 Å². The van der Waals surface area contributed by atoms with Gasteiger partial charge in [0.25, 0.3) is 0 Å². The second kappa shape index (κ2) is 21.9. The van der Waals surface area contributed by atoms with Crippen molar-refractivity contribution in [1.82, 2.24) is 0 Å². The van der Waals surface area contributed by atoms with Crippen LogP contribution in [0.1, 0.15) is 4.11 Å². The maximum absolute atomic E-state index is 8.60. The Labute approximate surface area is 450 Å². The van der Waals surface area contributed by atoms with Gasteiger partial charge in [0.15, 0.2) is 0 Å². The third-order valence-electron chi connectivity index (χ3n) is 13.6. The molecule has 0 atom stereocenters. The molecular formula is C72H54N4. The van der Waals surface area contributed by atoms with Crippen molar-refractivity contribution in [2.24, 2.45) is 0 Å². The average Bonchev–Trinajstić information content (AvgIpc) is 3.55. The lowest BCUT2D eigenvalue weighted by molar-refractivity contribution is 1.24. The molecule has 0 radical (unpaired) electrons. The van der Waals surface area contributed by atoms with Crippen molar-refractivity contribution in [3.8, 4) is 33.4 Å². The standard InChI is InChI=1S/C72H54N4/c1-7-19-55(20-8-1)58-31-37-64(38-32-58)73(61-25-13-4-14-26-61)67-43-49-70(50-44-67)76(71-51-45-68(46-52-71)74(62-27-15-5-16-28-62)65-39-33-59(34-40-65)56-21-9-2-10-22-56)72-53-47-69(48-54-72)75(63-29-17-6-18-30-63)66-41-35-60(36-42-66)57-23-11-3-12-24-57/h1-54H/i13T,15T,17T. The third-order valence-corrected chi connectivity index (χ3v) is 13.6. The second-order valence-corrected chi connectivity index (χ2v) is 18.4. The predicted molar refractivity (Wildman–Crippen MR) is 321 cm³/mol. The lowest BCUT2D eigenvalue weighted by Crippen LogP contribution is -2.14. The van der Waals surface area contributed by atoms with Crippen molar-refractivity contribution in [1.29, 1.82) is 0 Å². The summed E-state index contributed by atoms with van der Waals surface area (Å²) in [7, 11) is 0. The van der Waals surface area contributed by atoms with Crippen LogP contribution in [0, 0.1) is 0 Å². The summed E-state index contributed by atoms with van der Waals surface area (Å²) in [4.78, 5) is 8.87. The van der Waals surface area contributed by atoms with Crippen molar-refractivity contribution in [3.63, 3.8) is 0 Å². The summed E-state index contributed by atoms with van der Waals surface area (Å²) in [6.07, 6.45) is 0. The van der Waals surface area contributed by atoms with Gasteiger partial charge in [-0.2, -0.15) is 0 Å². The van der Waals surface area contributed by atoms with Crippen LogP contribution in [0.5, 0.6) is 0 Å². The largest absolute Gasteiger partial charge is 0.311 e. The minimum absolute atomic E-state index is 0.434. The first-order chi connectivity index (χ1) is 38.9. The van der Waals surface area contributed by atoms with E-state index in [4.69, 9.17) is 4.11 Å². The van der Waals surface area contributed by atoms with E-state index in [0.29, 0.717) is 18.1 Å². The molecule has 0 bridgehead atoms. The molecule has 0 aliphatic heterocycles. The highest BCUT2D eigenvalue weighted by molar-refractivity contribution is 5.86. The summed E-state index contributed by atoms with van der Waals surface area (Å²) in [6, 6.07) is 107. The van der Waals surface area contributed by atoms with Crippen LogP contribution in [-0.2, 0) is 0 Å². The second-order valence-electron chi connectivity index (χ2n) is 18.4. The number of hydrogen-bond donors (Lipinski definition) is 0. The molecule has 12 aromatic rings. The van der Waals surface area contributed by atoms with Gasteiger partial charge in [0.2, 0.25) is 0 Å². The topological polar surface area (TPSA) is 13.0 Å². The summed E-state index contributed by atoms with van der Waals surface area (Å²) in [5, 5.41) is 0. The van der Waals surface area contributed by atoms with Crippen molar-refractivity contribution in [2.75, 3.05) is 19.6 Å². The van der Waals surface area contributed by atoms with Crippen LogP contribution in [0.2, 0.25) is 0 Å². The monoisotopic (exact) mass is 980 g/mol. The zero-order chi connectivity index (χ0) is 53.5. The number of rotatable bonds is 15. The van der Waals surface area contributed by atoms with E-state index < -0.39 is 0 Å². The number of benzene rings is 12. The molecule has 0 aliphatic rings. The number of nitrogens with zero attached hydrogens (tertiary/aromatic N) is 4. The molecule has 0 heterocycles. The third kappa shape index (κ3) is 10.1. The van der Waals surface area contributed by atoms with Crippen LogP contribution in [0.15, 0.2) is 328 Å². The first-order valence-corrected chi connectivity index (χ1v) is 25.6. The Balaban J connectivity index is 0.942. The van der Waals surface area contributed by atoms with Crippen molar-refractivity contribution < 1.29 is 4.11 Å². The molecule has 362 valence electrons. The smallest absolute Gasteiger partial charge is 0.0623 e. The zero-order valence-corrected chi connectivity index (χ0v) is 41.7. The Kier molecular flexibility index (Phi) is 12.5. The van der Waals surface area contributed by atoms with Crippen molar-refractivity contribution in [3.05, 3.63) is 328 Å². The molecule has 0 spiro atoms. The molecule has 0 unspecified atom stereocenters. The molecule has 0 aromatic heterocycles. The van der Waals surface area contributed by atoms with Crippen LogP contribution < -0.4 is 19.6 Å². The normalized spacial score (nSPS) is 11.4. The summed E-state index contributed by atoms with van der Waals surface area (Å²) in [5.74, 6) is 0. The van der Waals surface area contributed by atoms with Crippen molar-refractivity contribution in [2.45, 2.75) is 0 Å². The number of para-hydroxylation sites is 3. The predicted octanol–water partition coefficient (Wildman–Crippen LogP) is 20.6. The van der Waals surface area contributed by atoms with Crippen LogP contribution in [0.25, 0.3) is 33.4 Å². The fourth-order valence-corrected chi connectivity index (χ4v) is 9.91. The highest BCUT2D eigenvalue weighted by Gasteiger charge is 2.20. The fourth-order valence-electron chi connectivity index (χ4n) is 9.91. The molecule has 12 aromatic carbocycles. The lowest BCUT2D eigenvalue weighted by Gasteiger charge is -2.30. The SMILES string of the molecule is [3H]c1cccc(N(c2ccc(-c3ccccc3)cc2)c2ccc(N(c3ccc(N(c4ccc(-c5ccccc5)cc4)c4cccc([3H])c4)cc3)c3ccc(N(c4ccc(-c5ccccc5)cc4)c4cccc([3H])c4)cc3)cc2)c1. The Hall–Kier alpha value is -10.2. The van der Waals surface area contributed by atoms with E-state index in [9.17, 15) is 0 Å². The molecule has 0 N–H and O–H groups in total.